The van der Waals surface area contributed by atoms with Crippen molar-refractivity contribution in [2.45, 2.75) is 6.42 Å². The van der Waals surface area contributed by atoms with E-state index in [0.717, 1.165) is 27.3 Å². The number of thiazole rings is 1. The summed E-state index contributed by atoms with van der Waals surface area (Å²) in [6.07, 6.45) is 4.26. The van der Waals surface area contributed by atoms with Crippen molar-refractivity contribution < 1.29 is 4.79 Å². The van der Waals surface area contributed by atoms with E-state index in [1.165, 1.54) is 5.56 Å². The Bertz CT molecular complexity index is 1050. The maximum absolute atomic E-state index is 13.0. The number of para-hydroxylation sites is 1. The summed E-state index contributed by atoms with van der Waals surface area (Å²) in [5.74, 6) is -0.0566. The Labute approximate surface area is 168 Å². The number of aromatic nitrogens is 1. The number of amides is 1. The van der Waals surface area contributed by atoms with Gasteiger partial charge in [-0.2, -0.15) is 0 Å². The van der Waals surface area contributed by atoms with E-state index in [2.05, 4.69) is 12.1 Å². The molecule has 4 heteroatoms. The molecule has 0 aliphatic carbocycles. The minimum Gasteiger partial charge on any atom is -0.284 e. The normalized spacial score (nSPS) is 11.1. The van der Waals surface area contributed by atoms with Crippen molar-refractivity contribution >= 4 is 38.7 Å². The molecule has 0 aliphatic rings. The predicted octanol–water partition coefficient (Wildman–Crippen LogP) is 5.59. The lowest BCUT2D eigenvalue weighted by molar-refractivity contribution is -0.114. The third-order valence-corrected chi connectivity index (χ3v) is 5.52. The van der Waals surface area contributed by atoms with Gasteiger partial charge in [0.1, 0.15) is 0 Å². The molecule has 3 nitrogen and oxygen atoms in total. The lowest BCUT2D eigenvalue weighted by Crippen LogP contribution is -2.31. The molecule has 4 aromatic rings. The zero-order valence-corrected chi connectivity index (χ0v) is 16.2. The van der Waals surface area contributed by atoms with Crippen molar-refractivity contribution in [1.82, 2.24) is 4.98 Å². The number of hydrogen-bond acceptors (Lipinski definition) is 3. The van der Waals surface area contributed by atoms with Gasteiger partial charge in [-0.05, 0) is 35.8 Å². The molecule has 0 unspecified atom stereocenters. The molecule has 3 aromatic carbocycles. The molecule has 4 rings (SSSR count). The third kappa shape index (κ3) is 4.35. The third-order valence-electron chi connectivity index (χ3n) is 4.46. The molecular formula is C24H20N2OS. The van der Waals surface area contributed by atoms with Gasteiger partial charge in [0.15, 0.2) is 5.13 Å². The van der Waals surface area contributed by atoms with Crippen LogP contribution in [0, 0.1) is 0 Å². The summed E-state index contributed by atoms with van der Waals surface area (Å²) in [5.41, 5.74) is 3.13. The van der Waals surface area contributed by atoms with Crippen LogP contribution in [0.15, 0.2) is 91.0 Å². The molecule has 0 fully saturated rings. The smallest absolute Gasteiger partial charge is 0.252 e. The molecule has 0 radical (unpaired) electrons. The Morgan fingerprint density at radius 2 is 1.57 bits per heavy atom. The fourth-order valence-electron chi connectivity index (χ4n) is 2.98. The maximum Gasteiger partial charge on any atom is 0.252 e. The van der Waals surface area contributed by atoms with Crippen LogP contribution in [0.25, 0.3) is 16.3 Å². The predicted molar refractivity (Wildman–Crippen MR) is 118 cm³/mol. The van der Waals surface area contributed by atoms with E-state index in [9.17, 15) is 4.79 Å². The van der Waals surface area contributed by atoms with E-state index in [4.69, 9.17) is 4.98 Å². The van der Waals surface area contributed by atoms with Gasteiger partial charge in [-0.3, -0.25) is 9.69 Å². The first-order valence-corrected chi connectivity index (χ1v) is 10.1. The van der Waals surface area contributed by atoms with Crippen LogP contribution < -0.4 is 4.90 Å². The molecule has 1 heterocycles. The molecule has 138 valence electrons. The van der Waals surface area contributed by atoms with Gasteiger partial charge in [-0.25, -0.2) is 4.98 Å². The summed E-state index contributed by atoms with van der Waals surface area (Å²) in [6.45, 7) is 0.585. The number of nitrogens with zero attached hydrogens (tertiary/aromatic N) is 2. The summed E-state index contributed by atoms with van der Waals surface area (Å²) >= 11 is 1.55. The van der Waals surface area contributed by atoms with E-state index < -0.39 is 0 Å². The van der Waals surface area contributed by atoms with Gasteiger partial charge in [-0.1, -0.05) is 84.1 Å². The SMILES string of the molecule is O=C(/C=C/c1ccccc1)N(CCc1ccccc1)c1nc2ccccc2s1. The van der Waals surface area contributed by atoms with E-state index in [1.54, 1.807) is 22.3 Å². The second-order valence-corrected chi connectivity index (χ2v) is 7.44. The number of anilines is 1. The van der Waals surface area contributed by atoms with Crippen LogP contribution >= 0.6 is 11.3 Å². The quantitative estimate of drug-likeness (QED) is 0.406. The fraction of sp³-hybridized carbons (Fsp3) is 0.0833. The molecule has 0 saturated carbocycles. The Morgan fingerprint density at radius 1 is 0.893 bits per heavy atom. The lowest BCUT2D eigenvalue weighted by atomic mass is 10.1. The van der Waals surface area contributed by atoms with Crippen molar-refractivity contribution in [2.24, 2.45) is 0 Å². The molecule has 0 aliphatic heterocycles. The average Bonchev–Trinajstić information content (AvgIpc) is 3.18. The monoisotopic (exact) mass is 384 g/mol. The number of rotatable bonds is 6. The molecule has 28 heavy (non-hydrogen) atoms. The fourth-order valence-corrected chi connectivity index (χ4v) is 3.98. The minimum atomic E-state index is -0.0566. The Morgan fingerprint density at radius 3 is 2.32 bits per heavy atom. The highest BCUT2D eigenvalue weighted by Gasteiger charge is 2.17. The van der Waals surface area contributed by atoms with Gasteiger partial charge in [0.2, 0.25) is 0 Å². The van der Waals surface area contributed by atoms with Crippen LogP contribution in [0.1, 0.15) is 11.1 Å². The summed E-state index contributed by atoms with van der Waals surface area (Å²) in [4.78, 5) is 19.5. The van der Waals surface area contributed by atoms with Crippen LogP contribution in [0.4, 0.5) is 5.13 Å². The number of hydrogen-bond donors (Lipinski definition) is 0. The van der Waals surface area contributed by atoms with Crippen molar-refractivity contribution in [3.8, 4) is 0 Å². The molecule has 1 amide bonds. The summed E-state index contributed by atoms with van der Waals surface area (Å²) in [5, 5.41) is 0.736. The van der Waals surface area contributed by atoms with Crippen molar-refractivity contribution in [1.29, 1.82) is 0 Å². The van der Waals surface area contributed by atoms with Crippen LogP contribution in [0.5, 0.6) is 0 Å². The Balaban J connectivity index is 1.60. The van der Waals surface area contributed by atoms with E-state index in [-0.39, 0.29) is 5.91 Å². The highest BCUT2D eigenvalue weighted by molar-refractivity contribution is 7.22. The molecule has 0 saturated heterocycles. The summed E-state index contributed by atoms with van der Waals surface area (Å²) < 4.78 is 1.09. The molecule has 0 atom stereocenters. The standard InChI is InChI=1S/C24H20N2OS/c27-23(16-15-19-9-3-1-4-10-19)26(18-17-20-11-5-2-6-12-20)24-25-21-13-7-8-14-22(21)28-24/h1-16H,17-18H2/b16-15+. The van der Waals surface area contributed by atoms with E-state index >= 15 is 0 Å². The first kappa shape index (κ1) is 18.1. The second kappa shape index (κ2) is 8.63. The van der Waals surface area contributed by atoms with Gasteiger partial charge in [-0.15, -0.1) is 0 Å². The summed E-state index contributed by atoms with van der Waals surface area (Å²) in [7, 11) is 0. The number of carbonyl (C=O) groups is 1. The first-order chi connectivity index (χ1) is 13.8. The summed E-state index contributed by atoms with van der Waals surface area (Å²) in [6, 6.07) is 28.1. The van der Waals surface area contributed by atoms with Crippen LogP contribution in [0.3, 0.4) is 0 Å². The number of benzene rings is 3. The number of carbonyl (C=O) groups excluding carboxylic acids is 1. The first-order valence-electron chi connectivity index (χ1n) is 9.24. The van der Waals surface area contributed by atoms with Gasteiger partial charge in [0, 0.05) is 12.6 Å². The average molecular weight is 385 g/mol. The van der Waals surface area contributed by atoms with Gasteiger partial charge >= 0.3 is 0 Å². The lowest BCUT2D eigenvalue weighted by Gasteiger charge is -2.18. The molecule has 0 N–H and O–H groups in total. The number of fused-ring (bicyclic) bond motifs is 1. The molecule has 0 spiro atoms. The van der Waals surface area contributed by atoms with Crippen LogP contribution in [0.2, 0.25) is 0 Å². The van der Waals surface area contributed by atoms with E-state index in [0.29, 0.717) is 6.54 Å². The van der Waals surface area contributed by atoms with Crippen molar-refractivity contribution in [2.75, 3.05) is 11.4 Å². The van der Waals surface area contributed by atoms with Crippen LogP contribution in [-0.4, -0.2) is 17.4 Å². The second-order valence-electron chi connectivity index (χ2n) is 6.43. The highest BCUT2D eigenvalue weighted by atomic mass is 32.1. The minimum absolute atomic E-state index is 0.0566. The topological polar surface area (TPSA) is 33.2 Å². The van der Waals surface area contributed by atoms with Gasteiger partial charge in [0.05, 0.1) is 10.2 Å². The van der Waals surface area contributed by atoms with Crippen LogP contribution in [-0.2, 0) is 11.2 Å². The zero-order valence-electron chi connectivity index (χ0n) is 15.4. The highest BCUT2D eigenvalue weighted by Crippen LogP contribution is 2.29. The molecule has 0 bridgehead atoms. The van der Waals surface area contributed by atoms with Gasteiger partial charge < -0.3 is 0 Å². The van der Waals surface area contributed by atoms with E-state index in [1.807, 2.05) is 78.9 Å². The van der Waals surface area contributed by atoms with Gasteiger partial charge in [0.25, 0.3) is 5.91 Å². The maximum atomic E-state index is 13.0. The largest absolute Gasteiger partial charge is 0.284 e. The van der Waals surface area contributed by atoms with Crippen molar-refractivity contribution in [3.63, 3.8) is 0 Å². The Kier molecular flexibility index (Phi) is 5.59. The Hall–Kier alpha value is -3.24. The molecule has 1 aromatic heterocycles. The van der Waals surface area contributed by atoms with Crippen molar-refractivity contribution in [3.05, 3.63) is 102 Å². The molecular weight excluding hydrogens is 364 g/mol. The zero-order chi connectivity index (χ0) is 19.2.